The van der Waals surface area contributed by atoms with E-state index in [1.165, 1.54) is 16.1 Å². The van der Waals surface area contributed by atoms with Crippen molar-refractivity contribution in [3.8, 4) is 5.88 Å². The van der Waals surface area contributed by atoms with E-state index in [1.807, 2.05) is 24.0 Å². The van der Waals surface area contributed by atoms with Crippen LogP contribution >= 0.6 is 11.8 Å². The van der Waals surface area contributed by atoms with Crippen molar-refractivity contribution in [1.82, 2.24) is 4.98 Å². The first-order valence-electron chi connectivity index (χ1n) is 5.80. The molecule has 92 valence electrons. The molecule has 0 fully saturated rings. The second-order valence-electron chi connectivity index (χ2n) is 4.28. The summed E-state index contributed by atoms with van der Waals surface area (Å²) in [5.41, 5.74) is 3.65. The highest BCUT2D eigenvalue weighted by Crippen LogP contribution is 2.46. The number of hydrogen-bond acceptors (Lipinski definition) is 4. The lowest BCUT2D eigenvalue weighted by molar-refractivity contribution is 0.397. The Hall–Kier alpha value is -1.68. The summed E-state index contributed by atoms with van der Waals surface area (Å²) < 4.78 is 5.07. The molecule has 0 saturated carbocycles. The smallest absolute Gasteiger partial charge is 0.212 e. The van der Waals surface area contributed by atoms with Gasteiger partial charge in [-0.3, -0.25) is 0 Å². The Bertz CT molecular complexity index is 569. The van der Waals surface area contributed by atoms with Gasteiger partial charge in [-0.2, -0.15) is 0 Å². The molecule has 18 heavy (non-hydrogen) atoms. The number of ether oxygens (including phenoxy) is 1. The average Bonchev–Trinajstić information content (AvgIpc) is 2.81. The van der Waals surface area contributed by atoms with Gasteiger partial charge in [-0.1, -0.05) is 17.8 Å². The zero-order valence-corrected chi connectivity index (χ0v) is 11.1. The molecule has 2 aromatic rings. The van der Waals surface area contributed by atoms with Crippen molar-refractivity contribution in [2.45, 2.75) is 17.2 Å². The molecular formula is C14H14N2OS. The van der Waals surface area contributed by atoms with Crippen LogP contribution in [0.1, 0.15) is 16.5 Å². The van der Waals surface area contributed by atoms with Crippen molar-refractivity contribution >= 4 is 17.4 Å². The van der Waals surface area contributed by atoms with E-state index in [2.05, 4.69) is 41.5 Å². The van der Waals surface area contributed by atoms with Crippen LogP contribution in [0.2, 0.25) is 0 Å². The molecule has 0 aliphatic carbocycles. The van der Waals surface area contributed by atoms with Crippen molar-refractivity contribution in [3.63, 3.8) is 0 Å². The molecule has 0 radical (unpaired) electrons. The second-order valence-corrected chi connectivity index (χ2v) is 5.42. The van der Waals surface area contributed by atoms with Crippen LogP contribution in [0, 0.1) is 6.92 Å². The number of aryl methyl sites for hydroxylation is 1. The van der Waals surface area contributed by atoms with E-state index in [4.69, 9.17) is 4.74 Å². The summed E-state index contributed by atoms with van der Waals surface area (Å²) in [6, 6.07) is 10.4. The van der Waals surface area contributed by atoms with E-state index in [1.54, 1.807) is 7.11 Å². The Kier molecular flexibility index (Phi) is 2.88. The molecule has 1 aromatic heterocycles. The van der Waals surface area contributed by atoms with Gasteiger partial charge in [0.15, 0.2) is 0 Å². The fraction of sp³-hybridized carbons (Fsp3) is 0.214. The van der Waals surface area contributed by atoms with Gasteiger partial charge >= 0.3 is 0 Å². The lowest BCUT2D eigenvalue weighted by atomic mass is 10.2. The van der Waals surface area contributed by atoms with Crippen molar-refractivity contribution < 1.29 is 4.74 Å². The highest BCUT2D eigenvalue weighted by Gasteiger charge is 2.22. The fourth-order valence-electron chi connectivity index (χ4n) is 1.96. The van der Waals surface area contributed by atoms with Gasteiger partial charge in [0.1, 0.15) is 5.37 Å². The molecule has 1 atom stereocenters. The van der Waals surface area contributed by atoms with Crippen molar-refractivity contribution in [2.75, 3.05) is 12.4 Å². The van der Waals surface area contributed by atoms with Crippen LogP contribution in [0.15, 0.2) is 41.4 Å². The zero-order chi connectivity index (χ0) is 12.5. The molecule has 3 rings (SSSR count). The molecule has 1 aliphatic heterocycles. The lowest BCUT2D eigenvalue weighted by Crippen LogP contribution is -2.01. The minimum atomic E-state index is 0.236. The van der Waals surface area contributed by atoms with Gasteiger partial charge in [-0.25, -0.2) is 4.98 Å². The molecule has 4 heteroatoms. The van der Waals surface area contributed by atoms with Crippen LogP contribution in [0.5, 0.6) is 5.88 Å². The maximum Gasteiger partial charge on any atom is 0.212 e. The second kappa shape index (κ2) is 4.53. The van der Waals surface area contributed by atoms with Gasteiger partial charge in [-0.15, -0.1) is 0 Å². The molecule has 1 unspecified atom stereocenters. The molecule has 0 saturated heterocycles. The van der Waals surface area contributed by atoms with Gasteiger partial charge in [-0.05, 0) is 30.7 Å². The average molecular weight is 258 g/mol. The first-order chi connectivity index (χ1) is 8.76. The van der Waals surface area contributed by atoms with Crippen molar-refractivity contribution in [3.05, 3.63) is 47.7 Å². The predicted molar refractivity (Wildman–Crippen MR) is 74.2 cm³/mol. The normalized spacial score (nSPS) is 17.1. The van der Waals surface area contributed by atoms with E-state index in [0.717, 1.165) is 5.56 Å². The Labute approximate surface area is 111 Å². The molecule has 3 nitrogen and oxygen atoms in total. The minimum absolute atomic E-state index is 0.236. The molecule has 0 spiro atoms. The highest BCUT2D eigenvalue weighted by molar-refractivity contribution is 8.00. The fourth-order valence-corrected chi connectivity index (χ4v) is 3.19. The first kappa shape index (κ1) is 11.4. The largest absolute Gasteiger partial charge is 0.481 e. The van der Waals surface area contributed by atoms with E-state index in [9.17, 15) is 0 Å². The molecule has 1 aromatic carbocycles. The Morgan fingerprint density at radius 3 is 2.89 bits per heavy atom. The van der Waals surface area contributed by atoms with E-state index in [-0.39, 0.29) is 5.37 Å². The van der Waals surface area contributed by atoms with Gasteiger partial charge in [0.05, 0.1) is 7.11 Å². The zero-order valence-electron chi connectivity index (χ0n) is 10.3. The van der Waals surface area contributed by atoms with Gasteiger partial charge in [0, 0.05) is 28.4 Å². The van der Waals surface area contributed by atoms with Crippen LogP contribution in [0.25, 0.3) is 0 Å². The summed E-state index contributed by atoms with van der Waals surface area (Å²) in [7, 11) is 1.63. The number of thioether (sulfide) groups is 1. The molecule has 0 amide bonds. The van der Waals surface area contributed by atoms with Crippen LogP contribution < -0.4 is 10.1 Å². The third-order valence-corrected chi connectivity index (χ3v) is 4.16. The lowest BCUT2D eigenvalue weighted by Gasteiger charge is -2.10. The van der Waals surface area contributed by atoms with Crippen molar-refractivity contribution in [1.29, 1.82) is 0 Å². The number of fused-ring (bicyclic) bond motifs is 1. The molecular weight excluding hydrogens is 244 g/mol. The number of nitrogens with zero attached hydrogens (tertiary/aromatic N) is 1. The standard InChI is InChI=1S/C14H14N2OS/c1-9-3-5-11-12(7-9)18-14(16-11)10-4-6-13(17-2)15-8-10/h3-8,14,16H,1-2H3. The topological polar surface area (TPSA) is 34.1 Å². The molecule has 0 bridgehead atoms. The summed E-state index contributed by atoms with van der Waals surface area (Å²) in [4.78, 5) is 5.55. The summed E-state index contributed by atoms with van der Waals surface area (Å²) >= 11 is 1.82. The molecule has 2 heterocycles. The van der Waals surface area contributed by atoms with Gasteiger partial charge in [0.2, 0.25) is 5.88 Å². The number of pyridine rings is 1. The SMILES string of the molecule is COc1ccc(C2Nc3ccc(C)cc3S2)cn1. The third kappa shape index (κ3) is 2.04. The summed E-state index contributed by atoms with van der Waals surface area (Å²) in [6.07, 6.45) is 1.86. The van der Waals surface area contributed by atoms with E-state index >= 15 is 0 Å². The summed E-state index contributed by atoms with van der Waals surface area (Å²) in [6.45, 7) is 2.11. The number of aromatic nitrogens is 1. The van der Waals surface area contributed by atoms with E-state index in [0.29, 0.717) is 5.88 Å². The number of nitrogens with one attached hydrogen (secondary N) is 1. The molecule has 1 aliphatic rings. The van der Waals surface area contributed by atoms with E-state index < -0.39 is 0 Å². The Morgan fingerprint density at radius 1 is 1.28 bits per heavy atom. The third-order valence-electron chi connectivity index (χ3n) is 2.94. The van der Waals surface area contributed by atoms with Crippen LogP contribution in [0.3, 0.4) is 0 Å². The predicted octanol–water partition coefficient (Wildman–Crippen LogP) is 3.62. The van der Waals surface area contributed by atoms with Crippen LogP contribution in [-0.2, 0) is 0 Å². The van der Waals surface area contributed by atoms with Gasteiger partial charge < -0.3 is 10.1 Å². The first-order valence-corrected chi connectivity index (χ1v) is 6.68. The quantitative estimate of drug-likeness (QED) is 0.892. The summed E-state index contributed by atoms with van der Waals surface area (Å²) in [5, 5.41) is 3.73. The van der Waals surface area contributed by atoms with Crippen LogP contribution in [0.4, 0.5) is 5.69 Å². The molecule has 1 N–H and O–H groups in total. The monoisotopic (exact) mass is 258 g/mol. The van der Waals surface area contributed by atoms with Crippen molar-refractivity contribution in [2.24, 2.45) is 0 Å². The minimum Gasteiger partial charge on any atom is -0.481 e. The highest BCUT2D eigenvalue weighted by atomic mass is 32.2. The van der Waals surface area contributed by atoms with Crippen LogP contribution in [-0.4, -0.2) is 12.1 Å². The number of benzene rings is 1. The maximum absolute atomic E-state index is 5.07. The maximum atomic E-state index is 5.07. The Morgan fingerprint density at radius 2 is 2.17 bits per heavy atom. The van der Waals surface area contributed by atoms with Gasteiger partial charge in [0.25, 0.3) is 0 Å². The number of rotatable bonds is 2. The number of methoxy groups -OCH3 is 1. The summed E-state index contributed by atoms with van der Waals surface area (Å²) in [5.74, 6) is 0.648. The number of hydrogen-bond donors (Lipinski definition) is 1. The Balaban J connectivity index is 1.84. The number of anilines is 1.